The minimum absolute atomic E-state index is 0.307. The Hall–Kier alpha value is -2.16. The van der Waals surface area contributed by atoms with E-state index in [0.717, 1.165) is 103 Å². The number of guanidine groups is 1. The molecule has 0 bridgehead atoms. The molecule has 0 aromatic carbocycles. The fourth-order valence-electron chi connectivity index (χ4n) is 3.91. The quantitative estimate of drug-likeness (QED) is 0.336. The van der Waals surface area contributed by atoms with Gasteiger partial charge < -0.3 is 24.8 Å². The summed E-state index contributed by atoms with van der Waals surface area (Å²) >= 11 is 0. The Balaban J connectivity index is 1.44. The van der Waals surface area contributed by atoms with Gasteiger partial charge in [-0.1, -0.05) is 13.3 Å². The van der Waals surface area contributed by atoms with Crippen LogP contribution in [0.2, 0.25) is 0 Å². The van der Waals surface area contributed by atoms with Crippen molar-refractivity contribution in [3.63, 3.8) is 0 Å². The minimum atomic E-state index is 0.307. The maximum Gasteiger partial charge on any atom is 0.222 e. The Morgan fingerprint density at radius 3 is 3.00 bits per heavy atom. The molecule has 1 aromatic heterocycles. The van der Waals surface area contributed by atoms with E-state index in [1.807, 2.05) is 4.90 Å². The van der Waals surface area contributed by atoms with Gasteiger partial charge in [-0.15, -0.1) is 10.2 Å². The molecule has 0 radical (unpaired) electrons. The number of aryl methyl sites for hydroxylation is 1. The van der Waals surface area contributed by atoms with Gasteiger partial charge in [0.05, 0.1) is 6.61 Å². The largest absolute Gasteiger partial charge is 0.381 e. The highest BCUT2D eigenvalue weighted by Gasteiger charge is 2.17. The molecule has 168 valence electrons. The van der Waals surface area contributed by atoms with Crippen molar-refractivity contribution in [1.29, 1.82) is 0 Å². The molecule has 9 nitrogen and oxygen atoms in total. The summed E-state index contributed by atoms with van der Waals surface area (Å²) < 4.78 is 7.54. The standard InChI is InChI=1S/C21H37N7O2/c1-2-19-26-25-17-28(19)13-10-23-21(24-15-18-8-14-30-16-18)22-9-6-12-27-11-5-3-4-7-20(27)29/h17-18H,2-16H2,1H3,(H2,22,23,24). The summed E-state index contributed by atoms with van der Waals surface area (Å²) in [6.07, 6.45) is 8.67. The van der Waals surface area contributed by atoms with Crippen LogP contribution in [0.3, 0.4) is 0 Å². The van der Waals surface area contributed by atoms with Crippen LogP contribution in [0.1, 0.15) is 51.3 Å². The number of carbonyl (C=O) groups excluding carboxylic acids is 1. The molecule has 1 aromatic rings. The summed E-state index contributed by atoms with van der Waals surface area (Å²) in [6, 6.07) is 0. The van der Waals surface area contributed by atoms with Crippen molar-refractivity contribution in [3.05, 3.63) is 12.2 Å². The van der Waals surface area contributed by atoms with Crippen LogP contribution in [0.15, 0.2) is 11.3 Å². The van der Waals surface area contributed by atoms with E-state index in [9.17, 15) is 4.79 Å². The molecule has 2 aliphatic rings. The third-order valence-electron chi connectivity index (χ3n) is 5.76. The summed E-state index contributed by atoms with van der Waals surface area (Å²) in [6.45, 7) is 8.56. The molecule has 0 saturated carbocycles. The molecule has 2 N–H and O–H groups in total. The Labute approximate surface area is 179 Å². The number of nitrogens with one attached hydrogen (secondary N) is 2. The van der Waals surface area contributed by atoms with E-state index in [4.69, 9.17) is 9.73 Å². The van der Waals surface area contributed by atoms with E-state index in [2.05, 4.69) is 32.3 Å². The van der Waals surface area contributed by atoms with E-state index >= 15 is 0 Å². The molecule has 0 aliphatic carbocycles. The van der Waals surface area contributed by atoms with Gasteiger partial charge in [-0.25, -0.2) is 0 Å². The minimum Gasteiger partial charge on any atom is -0.381 e. The summed E-state index contributed by atoms with van der Waals surface area (Å²) in [5.41, 5.74) is 0. The Kier molecular flexibility index (Phi) is 9.40. The highest BCUT2D eigenvalue weighted by atomic mass is 16.5. The van der Waals surface area contributed by atoms with Gasteiger partial charge >= 0.3 is 0 Å². The van der Waals surface area contributed by atoms with Crippen molar-refractivity contribution in [2.75, 3.05) is 45.9 Å². The fraction of sp³-hybridized carbons (Fsp3) is 0.810. The lowest BCUT2D eigenvalue weighted by Crippen LogP contribution is -2.41. The molecule has 30 heavy (non-hydrogen) atoms. The number of carbonyl (C=O) groups is 1. The van der Waals surface area contributed by atoms with E-state index < -0.39 is 0 Å². The van der Waals surface area contributed by atoms with Gasteiger partial charge in [0.1, 0.15) is 12.2 Å². The molecule has 2 fully saturated rings. The topological polar surface area (TPSA) is 96.7 Å². The van der Waals surface area contributed by atoms with Crippen LogP contribution in [0.4, 0.5) is 0 Å². The summed E-state index contributed by atoms with van der Waals surface area (Å²) in [4.78, 5) is 18.9. The second-order valence-corrected chi connectivity index (χ2v) is 8.11. The zero-order chi connectivity index (χ0) is 21.0. The average molecular weight is 420 g/mol. The van der Waals surface area contributed by atoms with E-state index in [0.29, 0.717) is 18.2 Å². The molecule has 1 unspecified atom stereocenters. The molecule has 3 rings (SSSR count). The Morgan fingerprint density at radius 1 is 1.27 bits per heavy atom. The first-order chi connectivity index (χ1) is 14.8. The molecule has 1 atom stereocenters. The second kappa shape index (κ2) is 12.5. The number of aliphatic imine (C=N–C) groups is 1. The highest BCUT2D eigenvalue weighted by Crippen LogP contribution is 2.12. The van der Waals surface area contributed by atoms with Gasteiger partial charge in [0.25, 0.3) is 0 Å². The first kappa shape index (κ1) is 22.5. The second-order valence-electron chi connectivity index (χ2n) is 8.11. The molecule has 2 aliphatic heterocycles. The summed E-state index contributed by atoms with van der Waals surface area (Å²) in [7, 11) is 0. The van der Waals surface area contributed by atoms with Crippen LogP contribution in [0.5, 0.6) is 0 Å². The number of nitrogens with zero attached hydrogens (tertiary/aromatic N) is 5. The maximum atomic E-state index is 12.1. The van der Waals surface area contributed by atoms with Crippen molar-refractivity contribution in [1.82, 2.24) is 30.3 Å². The molecular weight excluding hydrogens is 382 g/mol. The van der Waals surface area contributed by atoms with Gasteiger partial charge in [0, 0.05) is 64.6 Å². The number of ether oxygens (including phenoxy) is 1. The lowest BCUT2D eigenvalue weighted by Gasteiger charge is -2.21. The van der Waals surface area contributed by atoms with Gasteiger partial charge in [-0.3, -0.25) is 9.79 Å². The van der Waals surface area contributed by atoms with Crippen LogP contribution < -0.4 is 10.6 Å². The molecular formula is C21H37N7O2. The van der Waals surface area contributed by atoms with Crippen LogP contribution >= 0.6 is 0 Å². The maximum absolute atomic E-state index is 12.1. The lowest BCUT2D eigenvalue weighted by atomic mass is 10.1. The predicted octanol–water partition coefficient (Wildman–Crippen LogP) is 1.20. The van der Waals surface area contributed by atoms with Crippen molar-refractivity contribution >= 4 is 11.9 Å². The highest BCUT2D eigenvalue weighted by molar-refractivity contribution is 5.79. The van der Waals surface area contributed by atoms with Gasteiger partial charge in [-0.05, 0) is 25.7 Å². The van der Waals surface area contributed by atoms with Gasteiger partial charge in [0.15, 0.2) is 5.96 Å². The average Bonchev–Trinajstić information content (AvgIpc) is 3.39. The summed E-state index contributed by atoms with van der Waals surface area (Å²) in [5, 5.41) is 15.0. The molecule has 3 heterocycles. The predicted molar refractivity (Wildman–Crippen MR) is 116 cm³/mol. The number of rotatable bonds is 10. The molecule has 2 saturated heterocycles. The first-order valence-corrected chi connectivity index (χ1v) is 11.5. The van der Waals surface area contributed by atoms with E-state index in [1.54, 1.807) is 6.33 Å². The number of aromatic nitrogens is 3. The van der Waals surface area contributed by atoms with Crippen molar-refractivity contribution in [2.45, 2.75) is 58.4 Å². The number of amides is 1. The fourth-order valence-corrected chi connectivity index (χ4v) is 3.91. The van der Waals surface area contributed by atoms with Gasteiger partial charge in [-0.2, -0.15) is 0 Å². The lowest BCUT2D eigenvalue weighted by molar-refractivity contribution is -0.130. The molecule has 1 amide bonds. The first-order valence-electron chi connectivity index (χ1n) is 11.5. The third kappa shape index (κ3) is 7.27. The van der Waals surface area contributed by atoms with Crippen LogP contribution in [0, 0.1) is 5.92 Å². The van der Waals surface area contributed by atoms with Crippen LogP contribution in [0.25, 0.3) is 0 Å². The van der Waals surface area contributed by atoms with Crippen molar-refractivity contribution < 1.29 is 9.53 Å². The molecule has 0 spiro atoms. The van der Waals surface area contributed by atoms with Gasteiger partial charge in [0.2, 0.25) is 5.91 Å². The van der Waals surface area contributed by atoms with E-state index in [-0.39, 0.29) is 0 Å². The zero-order valence-corrected chi connectivity index (χ0v) is 18.3. The SMILES string of the molecule is CCc1nncn1CCNC(=NCC1CCOC1)NCCCN1CCCCCC1=O. The summed E-state index contributed by atoms with van der Waals surface area (Å²) in [5.74, 6) is 2.63. The number of hydrogen-bond donors (Lipinski definition) is 2. The van der Waals surface area contributed by atoms with Crippen molar-refractivity contribution in [3.8, 4) is 0 Å². The number of hydrogen-bond acceptors (Lipinski definition) is 5. The van der Waals surface area contributed by atoms with Crippen LogP contribution in [-0.4, -0.2) is 77.5 Å². The monoisotopic (exact) mass is 419 g/mol. The Morgan fingerprint density at radius 2 is 2.17 bits per heavy atom. The third-order valence-corrected chi connectivity index (χ3v) is 5.76. The van der Waals surface area contributed by atoms with Crippen molar-refractivity contribution in [2.24, 2.45) is 10.9 Å². The normalized spacial score (nSPS) is 20.4. The smallest absolute Gasteiger partial charge is 0.222 e. The van der Waals surface area contributed by atoms with Crippen LogP contribution in [-0.2, 0) is 22.5 Å². The Bertz CT molecular complexity index is 670. The van der Waals surface area contributed by atoms with E-state index in [1.165, 1.54) is 0 Å². The zero-order valence-electron chi connectivity index (χ0n) is 18.3. The number of likely N-dealkylation sites (tertiary alicyclic amines) is 1. The molecule has 9 heteroatoms.